The smallest absolute Gasteiger partial charge is 0.211 e. The fourth-order valence-corrected chi connectivity index (χ4v) is 5.05. The number of nitrogens with zero attached hydrogens (tertiary/aromatic N) is 1. The van der Waals surface area contributed by atoms with Crippen molar-refractivity contribution in [2.24, 2.45) is 7.05 Å². The van der Waals surface area contributed by atoms with Crippen LogP contribution in [0, 0.1) is 0 Å². The van der Waals surface area contributed by atoms with Crippen molar-refractivity contribution >= 4 is 20.9 Å². The molecule has 0 unspecified atom stereocenters. The van der Waals surface area contributed by atoms with Crippen molar-refractivity contribution < 1.29 is 8.42 Å². The van der Waals surface area contributed by atoms with Crippen LogP contribution in [0.15, 0.2) is 60.8 Å². The molecule has 2 aromatic carbocycles. The molecule has 1 aromatic heterocycles. The molecule has 1 heterocycles. The van der Waals surface area contributed by atoms with Gasteiger partial charge in [0, 0.05) is 36.1 Å². The number of fused-ring (bicyclic) bond motifs is 1. The third-order valence-electron chi connectivity index (χ3n) is 5.67. The molecule has 1 saturated carbocycles. The lowest BCUT2D eigenvalue weighted by atomic mass is 9.96. The van der Waals surface area contributed by atoms with Crippen LogP contribution in [0.2, 0.25) is 0 Å². The summed E-state index contributed by atoms with van der Waals surface area (Å²) in [5.41, 5.74) is 3.60. The average Bonchev–Trinajstić information content (AvgIpc) is 3.39. The molecule has 3 aromatic rings. The second-order valence-electron chi connectivity index (χ2n) is 7.68. The van der Waals surface area contributed by atoms with E-state index < -0.39 is 10.0 Å². The Morgan fingerprint density at radius 1 is 1.04 bits per heavy atom. The zero-order chi connectivity index (χ0) is 18.9. The Morgan fingerprint density at radius 3 is 2.48 bits per heavy atom. The van der Waals surface area contributed by atoms with Gasteiger partial charge in [-0.3, -0.25) is 0 Å². The third-order valence-corrected chi connectivity index (χ3v) is 7.08. The summed E-state index contributed by atoms with van der Waals surface area (Å²) in [4.78, 5) is 0. The highest BCUT2D eigenvalue weighted by Crippen LogP contribution is 2.50. The maximum atomic E-state index is 12.5. The van der Waals surface area contributed by atoms with Crippen molar-refractivity contribution in [3.05, 3.63) is 71.9 Å². The molecule has 27 heavy (non-hydrogen) atoms. The molecule has 0 amide bonds. The van der Waals surface area contributed by atoms with Gasteiger partial charge in [-0.05, 0) is 42.9 Å². The molecule has 1 aliphatic carbocycles. The highest BCUT2D eigenvalue weighted by atomic mass is 32.2. The predicted octanol–water partition coefficient (Wildman–Crippen LogP) is 3.76. The quantitative estimate of drug-likeness (QED) is 0.645. The Labute approximate surface area is 161 Å². The van der Waals surface area contributed by atoms with E-state index in [0.29, 0.717) is 13.0 Å². The molecule has 0 atom stereocenters. The van der Waals surface area contributed by atoms with Crippen molar-refractivity contribution in [2.75, 3.05) is 12.3 Å². The summed E-state index contributed by atoms with van der Waals surface area (Å²) in [6, 6.07) is 18.4. The molecule has 0 bridgehead atoms. The Balaban J connectivity index is 1.40. The summed E-state index contributed by atoms with van der Waals surface area (Å²) >= 11 is 0. The lowest BCUT2D eigenvalue weighted by Gasteiger charge is -2.16. The molecule has 0 radical (unpaired) electrons. The van der Waals surface area contributed by atoms with Crippen molar-refractivity contribution in [2.45, 2.75) is 31.1 Å². The number of nitrogens with one attached hydrogen (secondary N) is 1. The molecular formula is C22H26N2O2S. The van der Waals surface area contributed by atoms with E-state index in [-0.39, 0.29) is 11.2 Å². The summed E-state index contributed by atoms with van der Waals surface area (Å²) < 4.78 is 30.0. The van der Waals surface area contributed by atoms with Gasteiger partial charge in [0.2, 0.25) is 10.0 Å². The number of hydrogen-bond acceptors (Lipinski definition) is 2. The molecule has 1 fully saturated rings. The predicted molar refractivity (Wildman–Crippen MR) is 110 cm³/mol. The first-order valence-electron chi connectivity index (χ1n) is 9.55. The minimum Gasteiger partial charge on any atom is -0.350 e. The summed E-state index contributed by atoms with van der Waals surface area (Å²) in [5, 5.41) is 1.24. The van der Waals surface area contributed by atoms with Gasteiger partial charge in [-0.15, -0.1) is 0 Å². The van der Waals surface area contributed by atoms with E-state index in [9.17, 15) is 8.42 Å². The van der Waals surface area contributed by atoms with Crippen LogP contribution < -0.4 is 4.72 Å². The highest BCUT2D eigenvalue weighted by molar-refractivity contribution is 7.89. The minimum atomic E-state index is -3.26. The van der Waals surface area contributed by atoms with Gasteiger partial charge < -0.3 is 4.57 Å². The van der Waals surface area contributed by atoms with Crippen LogP contribution in [-0.2, 0) is 28.9 Å². The van der Waals surface area contributed by atoms with Gasteiger partial charge >= 0.3 is 0 Å². The number of sulfonamides is 1. The molecule has 4 rings (SSSR count). The largest absolute Gasteiger partial charge is 0.350 e. The zero-order valence-electron chi connectivity index (χ0n) is 15.7. The van der Waals surface area contributed by atoms with Gasteiger partial charge in [0.1, 0.15) is 0 Å². The number of para-hydroxylation sites is 1. The SMILES string of the molecule is Cn1cc(C2(CNS(=O)(=O)CCCc3ccccc3)CC2)c2ccccc21. The first-order chi connectivity index (χ1) is 13.0. The Morgan fingerprint density at radius 2 is 1.74 bits per heavy atom. The summed E-state index contributed by atoms with van der Waals surface area (Å²) in [5.74, 6) is 0.174. The lowest BCUT2D eigenvalue weighted by molar-refractivity contribution is 0.565. The molecule has 1 N–H and O–H groups in total. The fraction of sp³-hybridized carbons (Fsp3) is 0.364. The van der Waals surface area contributed by atoms with Gasteiger partial charge in [-0.25, -0.2) is 13.1 Å². The number of aromatic nitrogens is 1. The Bertz CT molecular complexity index is 1030. The van der Waals surface area contributed by atoms with Gasteiger partial charge in [0.05, 0.1) is 5.75 Å². The fourth-order valence-electron chi connectivity index (χ4n) is 3.89. The first-order valence-corrected chi connectivity index (χ1v) is 11.2. The van der Waals surface area contributed by atoms with Crippen LogP contribution in [0.25, 0.3) is 10.9 Å². The van der Waals surface area contributed by atoms with Crippen molar-refractivity contribution in [1.82, 2.24) is 9.29 Å². The van der Waals surface area contributed by atoms with Crippen molar-refractivity contribution in [3.8, 4) is 0 Å². The molecule has 0 spiro atoms. The molecular weight excluding hydrogens is 356 g/mol. The average molecular weight is 383 g/mol. The molecule has 5 heteroatoms. The first kappa shape index (κ1) is 18.3. The Hall–Kier alpha value is -2.11. The normalized spacial score (nSPS) is 15.9. The van der Waals surface area contributed by atoms with E-state index in [1.54, 1.807) is 0 Å². The van der Waals surface area contributed by atoms with Gasteiger partial charge in [-0.1, -0.05) is 48.5 Å². The Kier molecular flexibility index (Phi) is 4.82. The second-order valence-corrected chi connectivity index (χ2v) is 9.61. The number of benzene rings is 2. The maximum Gasteiger partial charge on any atom is 0.211 e. The molecule has 4 nitrogen and oxygen atoms in total. The molecule has 0 saturated heterocycles. The van der Waals surface area contributed by atoms with Crippen LogP contribution >= 0.6 is 0 Å². The van der Waals surface area contributed by atoms with Crippen LogP contribution in [0.5, 0.6) is 0 Å². The van der Waals surface area contributed by atoms with E-state index in [2.05, 4.69) is 40.7 Å². The summed E-state index contributed by atoms with van der Waals surface area (Å²) in [7, 11) is -1.20. The van der Waals surface area contributed by atoms with Crippen molar-refractivity contribution in [3.63, 3.8) is 0 Å². The summed E-state index contributed by atoms with van der Waals surface area (Å²) in [6.45, 7) is 0.495. The highest BCUT2D eigenvalue weighted by Gasteiger charge is 2.46. The number of rotatable bonds is 8. The van der Waals surface area contributed by atoms with Crippen LogP contribution in [0.4, 0.5) is 0 Å². The van der Waals surface area contributed by atoms with E-state index in [0.717, 1.165) is 19.3 Å². The molecule has 1 aliphatic rings. The van der Waals surface area contributed by atoms with Crippen LogP contribution in [0.1, 0.15) is 30.4 Å². The number of hydrogen-bond donors (Lipinski definition) is 1. The number of aryl methyl sites for hydroxylation is 2. The zero-order valence-corrected chi connectivity index (χ0v) is 16.5. The van der Waals surface area contributed by atoms with Crippen molar-refractivity contribution in [1.29, 1.82) is 0 Å². The summed E-state index contributed by atoms with van der Waals surface area (Å²) in [6.07, 6.45) is 5.67. The third kappa shape index (κ3) is 3.94. The topological polar surface area (TPSA) is 51.1 Å². The van der Waals surface area contributed by atoms with E-state index >= 15 is 0 Å². The van der Waals surface area contributed by atoms with Gasteiger partial charge in [0.15, 0.2) is 0 Å². The van der Waals surface area contributed by atoms with Crippen LogP contribution in [-0.4, -0.2) is 25.3 Å². The standard InChI is InChI=1S/C22H26N2O2S/c1-24-16-20(19-11-5-6-12-21(19)24)22(13-14-22)17-23-27(25,26)15-7-10-18-8-3-2-4-9-18/h2-6,8-9,11-12,16,23H,7,10,13-15,17H2,1H3. The van der Waals surface area contributed by atoms with E-state index in [1.165, 1.54) is 22.0 Å². The second kappa shape index (κ2) is 7.13. The van der Waals surface area contributed by atoms with E-state index in [1.807, 2.05) is 36.4 Å². The van der Waals surface area contributed by atoms with Gasteiger partial charge in [-0.2, -0.15) is 0 Å². The van der Waals surface area contributed by atoms with Gasteiger partial charge in [0.25, 0.3) is 0 Å². The minimum absolute atomic E-state index is 0.0483. The van der Waals surface area contributed by atoms with E-state index in [4.69, 9.17) is 0 Å². The lowest BCUT2D eigenvalue weighted by Crippen LogP contribution is -2.34. The maximum absolute atomic E-state index is 12.5. The molecule has 0 aliphatic heterocycles. The van der Waals surface area contributed by atoms with Crippen LogP contribution in [0.3, 0.4) is 0 Å². The monoisotopic (exact) mass is 382 g/mol. The molecule has 142 valence electrons.